The number of aryl methyl sites for hydroxylation is 2. The zero-order chi connectivity index (χ0) is 14.8. The monoisotopic (exact) mass is 284 g/mol. The van der Waals surface area contributed by atoms with Gasteiger partial charge in [0.05, 0.1) is 29.6 Å². The Kier molecular flexibility index (Phi) is 3.43. The molecule has 2 heterocycles. The van der Waals surface area contributed by atoms with Crippen molar-refractivity contribution in [3.8, 4) is 0 Å². The molecule has 21 heavy (non-hydrogen) atoms. The Labute approximate surface area is 121 Å². The quantitative estimate of drug-likeness (QED) is 0.720. The largest absolute Gasteiger partial charge is 0.462 e. The number of esters is 1. The van der Waals surface area contributed by atoms with Crippen molar-refractivity contribution in [1.82, 2.24) is 20.4 Å². The van der Waals surface area contributed by atoms with Gasteiger partial charge in [0.2, 0.25) is 0 Å². The van der Waals surface area contributed by atoms with Crippen molar-refractivity contribution in [2.75, 3.05) is 6.61 Å². The van der Waals surface area contributed by atoms with Crippen LogP contribution in [-0.2, 0) is 11.2 Å². The number of nitrogens with one attached hydrogen (secondary N) is 2. The molecule has 3 aromatic rings. The van der Waals surface area contributed by atoms with Crippen molar-refractivity contribution < 1.29 is 9.53 Å². The number of carbonyl (C=O) groups excluding carboxylic acids is 1. The van der Waals surface area contributed by atoms with Crippen molar-refractivity contribution >= 4 is 16.9 Å². The average Bonchev–Trinajstić information content (AvgIpc) is 3.07. The number of carbonyl (C=O) groups is 1. The average molecular weight is 284 g/mol. The predicted octanol–water partition coefficient (Wildman–Crippen LogP) is 2.30. The lowest BCUT2D eigenvalue weighted by molar-refractivity contribution is 0.0511. The van der Waals surface area contributed by atoms with Crippen LogP contribution in [0.5, 0.6) is 0 Å². The number of fused-ring (bicyclic) bond motifs is 1. The first-order valence-electron chi connectivity index (χ1n) is 6.76. The standard InChI is InChI=1S/C15H16N4O2/c1-9-12(10(2)18-17-9)6-7-21-15(20)13-5-3-4-11-8-16-19-14(11)13/h3-5,8H,6-7H2,1-2H3,(H,16,19)(H,17,18). The smallest absolute Gasteiger partial charge is 0.340 e. The molecule has 0 fully saturated rings. The maximum absolute atomic E-state index is 12.2. The summed E-state index contributed by atoms with van der Waals surface area (Å²) >= 11 is 0. The fourth-order valence-corrected chi connectivity index (χ4v) is 2.40. The zero-order valence-electron chi connectivity index (χ0n) is 11.9. The minimum absolute atomic E-state index is 0.324. The minimum Gasteiger partial charge on any atom is -0.462 e. The summed E-state index contributed by atoms with van der Waals surface area (Å²) in [5.41, 5.74) is 4.27. The lowest BCUT2D eigenvalue weighted by Crippen LogP contribution is -2.09. The van der Waals surface area contributed by atoms with Crippen molar-refractivity contribution in [2.24, 2.45) is 0 Å². The Hall–Kier alpha value is -2.63. The first-order chi connectivity index (χ1) is 10.2. The number of aromatic amines is 2. The Bertz CT molecular complexity index is 768. The molecule has 0 saturated heterocycles. The molecule has 0 atom stereocenters. The van der Waals surface area contributed by atoms with Crippen molar-refractivity contribution in [3.63, 3.8) is 0 Å². The summed E-state index contributed by atoms with van der Waals surface area (Å²) in [6, 6.07) is 5.45. The molecule has 0 bridgehead atoms. The van der Waals surface area contributed by atoms with Crippen LogP contribution < -0.4 is 0 Å². The summed E-state index contributed by atoms with van der Waals surface area (Å²) in [6.45, 7) is 4.22. The van der Waals surface area contributed by atoms with Gasteiger partial charge in [0, 0.05) is 17.5 Å². The topological polar surface area (TPSA) is 83.7 Å². The molecule has 2 N–H and O–H groups in total. The number of para-hydroxylation sites is 1. The number of hydrogen-bond donors (Lipinski definition) is 2. The van der Waals surface area contributed by atoms with E-state index in [1.807, 2.05) is 26.0 Å². The van der Waals surface area contributed by atoms with Crippen LogP contribution in [0, 0.1) is 13.8 Å². The predicted molar refractivity (Wildman–Crippen MR) is 78.1 cm³/mol. The van der Waals surface area contributed by atoms with Gasteiger partial charge in [0.1, 0.15) is 0 Å². The molecule has 0 spiro atoms. The number of nitrogens with zero attached hydrogens (tertiary/aromatic N) is 2. The Morgan fingerprint density at radius 3 is 2.90 bits per heavy atom. The first kappa shape index (κ1) is 13.4. The lowest BCUT2D eigenvalue weighted by atomic mass is 10.1. The summed E-state index contributed by atoms with van der Waals surface area (Å²) in [5, 5.41) is 14.7. The van der Waals surface area contributed by atoms with Crippen LogP contribution in [0.2, 0.25) is 0 Å². The van der Waals surface area contributed by atoms with Gasteiger partial charge in [-0.15, -0.1) is 0 Å². The van der Waals surface area contributed by atoms with E-state index >= 15 is 0 Å². The summed E-state index contributed by atoms with van der Waals surface area (Å²) in [5.74, 6) is -0.344. The molecule has 0 amide bonds. The van der Waals surface area contributed by atoms with Gasteiger partial charge >= 0.3 is 5.97 Å². The summed E-state index contributed by atoms with van der Waals surface area (Å²) in [7, 11) is 0. The van der Waals surface area contributed by atoms with Gasteiger partial charge in [-0.1, -0.05) is 12.1 Å². The molecule has 0 unspecified atom stereocenters. The van der Waals surface area contributed by atoms with E-state index in [1.165, 1.54) is 0 Å². The third-order valence-electron chi connectivity index (χ3n) is 3.56. The summed E-state index contributed by atoms with van der Waals surface area (Å²) in [4.78, 5) is 12.2. The lowest BCUT2D eigenvalue weighted by Gasteiger charge is -2.06. The second kappa shape index (κ2) is 5.40. The maximum atomic E-state index is 12.2. The SMILES string of the molecule is Cc1n[nH]c(C)c1CCOC(=O)c1cccc2cn[nH]c12. The van der Waals surface area contributed by atoms with Crippen LogP contribution in [0.1, 0.15) is 27.3 Å². The van der Waals surface area contributed by atoms with Gasteiger partial charge in [-0.2, -0.15) is 10.2 Å². The van der Waals surface area contributed by atoms with Crippen LogP contribution in [-0.4, -0.2) is 33.0 Å². The van der Waals surface area contributed by atoms with Crippen LogP contribution >= 0.6 is 0 Å². The highest BCUT2D eigenvalue weighted by Crippen LogP contribution is 2.17. The molecule has 6 heteroatoms. The van der Waals surface area contributed by atoms with Crippen molar-refractivity contribution in [2.45, 2.75) is 20.3 Å². The molecule has 0 radical (unpaired) electrons. The van der Waals surface area contributed by atoms with E-state index in [9.17, 15) is 4.79 Å². The molecule has 0 aliphatic carbocycles. The van der Waals surface area contributed by atoms with Gasteiger partial charge in [-0.05, 0) is 25.5 Å². The summed E-state index contributed by atoms with van der Waals surface area (Å²) < 4.78 is 5.36. The molecule has 1 aromatic carbocycles. The fourth-order valence-electron chi connectivity index (χ4n) is 2.40. The van der Waals surface area contributed by atoms with Crippen LogP contribution in [0.3, 0.4) is 0 Å². The van der Waals surface area contributed by atoms with Gasteiger partial charge < -0.3 is 4.74 Å². The second-order valence-corrected chi connectivity index (χ2v) is 4.94. The highest BCUT2D eigenvalue weighted by Gasteiger charge is 2.13. The number of H-pyrrole nitrogens is 2. The molecular weight excluding hydrogens is 268 g/mol. The van der Waals surface area contributed by atoms with Crippen LogP contribution in [0.4, 0.5) is 0 Å². The molecule has 0 aliphatic rings. The van der Waals surface area contributed by atoms with Crippen LogP contribution in [0.15, 0.2) is 24.4 Å². The molecule has 0 aliphatic heterocycles. The van der Waals surface area contributed by atoms with E-state index in [0.717, 1.165) is 22.3 Å². The third-order valence-corrected chi connectivity index (χ3v) is 3.56. The Morgan fingerprint density at radius 1 is 1.29 bits per heavy atom. The maximum Gasteiger partial charge on any atom is 0.340 e. The van der Waals surface area contributed by atoms with E-state index < -0.39 is 0 Å². The summed E-state index contributed by atoms with van der Waals surface area (Å²) in [6.07, 6.45) is 2.34. The van der Waals surface area contributed by atoms with Gasteiger partial charge in [-0.25, -0.2) is 4.79 Å². The Morgan fingerprint density at radius 2 is 2.14 bits per heavy atom. The van der Waals surface area contributed by atoms with Crippen LogP contribution in [0.25, 0.3) is 10.9 Å². The molecular formula is C15H16N4O2. The number of hydrogen-bond acceptors (Lipinski definition) is 4. The second-order valence-electron chi connectivity index (χ2n) is 4.94. The highest BCUT2D eigenvalue weighted by molar-refractivity contribution is 6.02. The number of benzene rings is 1. The minimum atomic E-state index is -0.344. The number of rotatable bonds is 4. The normalized spacial score (nSPS) is 11.0. The van der Waals surface area contributed by atoms with Gasteiger partial charge in [0.15, 0.2) is 0 Å². The van der Waals surface area contributed by atoms with E-state index in [4.69, 9.17) is 4.74 Å². The van der Waals surface area contributed by atoms with Crippen molar-refractivity contribution in [3.05, 3.63) is 46.9 Å². The first-order valence-corrected chi connectivity index (χ1v) is 6.76. The molecule has 108 valence electrons. The highest BCUT2D eigenvalue weighted by atomic mass is 16.5. The van der Waals surface area contributed by atoms with E-state index in [2.05, 4.69) is 20.4 Å². The Balaban J connectivity index is 1.68. The third kappa shape index (κ3) is 2.52. The molecule has 6 nitrogen and oxygen atoms in total. The zero-order valence-corrected chi connectivity index (χ0v) is 11.9. The van der Waals surface area contributed by atoms with E-state index in [1.54, 1.807) is 12.3 Å². The molecule has 3 rings (SSSR count). The van der Waals surface area contributed by atoms with Gasteiger partial charge in [-0.3, -0.25) is 10.2 Å². The molecule has 2 aromatic heterocycles. The number of ether oxygens (including phenoxy) is 1. The number of aromatic nitrogens is 4. The fraction of sp³-hybridized carbons (Fsp3) is 0.267. The van der Waals surface area contributed by atoms with E-state index in [-0.39, 0.29) is 5.97 Å². The van der Waals surface area contributed by atoms with Gasteiger partial charge in [0.25, 0.3) is 0 Å². The van der Waals surface area contributed by atoms with Crippen molar-refractivity contribution in [1.29, 1.82) is 0 Å². The molecule has 0 saturated carbocycles. The van der Waals surface area contributed by atoms with E-state index in [0.29, 0.717) is 24.1 Å².